The maximum atomic E-state index is 9.95. The van der Waals surface area contributed by atoms with Gasteiger partial charge in [-0.05, 0) is 0 Å². The third-order valence-corrected chi connectivity index (χ3v) is 6.12. The number of hydrogen-bond donors (Lipinski definition) is 8. The monoisotopic (exact) mass is 358 g/mol. The summed E-state index contributed by atoms with van der Waals surface area (Å²) in [6.45, 7) is -1.30. The Hall–Kier alpha value is -0.223. The highest BCUT2D eigenvalue weighted by molar-refractivity contribution is 6.53. The zero-order chi connectivity index (χ0) is 17.3. The second kappa shape index (κ2) is 7.77. The van der Waals surface area contributed by atoms with Gasteiger partial charge in [-0.25, -0.2) is 0 Å². The molecule has 0 radical (unpaired) electrons. The third kappa shape index (κ3) is 3.73. The Morgan fingerprint density at radius 2 is 1.43 bits per heavy atom. The average Bonchev–Trinajstić information content (AvgIpc) is 2.55. The molecule has 136 valence electrons. The smallest absolute Gasteiger partial charge is 0.237 e. The van der Waals surface area contributed by atoms with E-state index in [1.165, 1.54) is 0 Å². The van der Waals surface area contributed by atoms with Gasteiger partial charge >= 0.3 is 0 Å². The number of aliphatic hydroxyl groups is 7. The molecule has 2 aliphatic heterocycles. The van der Waals surface area contributed by atoms with Gasteiger partial charge in [0.2, 0.25) is 9.04 Å². The van der Waals surface area contributed by atoms with Gasteiger partial charge in [-0.1, -0.05) is 0 Å². The molecule has 0 aliphatic carbocycles. The minimum Gasteiger partial charge on any atom is -0.429 e. The first-order valence-corrected chi connectivity index (χ1v) is 8.93. The van der Waals surface area contributed by atoms with E-state index in [1.807, 2.05) is 0 Å². The molecule has 8 N–H and O–H groups in total. The summed E-state index contributed by atoms with van der Waals surface area (Å²) in [5.41, 5.74) is -2.99. The van der Waals surface area contributed by atoms with Crippen molar-refractivity contribution in [3.8, 4) is 0 Å². The van der Waals surface area contributed by atoms with Crippen molar-refractivity contribution in [2.24, 2.45) is 0 Å². The molecule has 12 heteroatoms. The first-order chi connectivity index (χ1) is 10.8. The van der Waals surface area contributed by atoms with Crippen molar-refractivity contribution in [2.45, 2.75) is 54.6 Å². The van der Waals surface area contributed by atoms with E-state index in [0.717, 1.165) is 0 Å². The molecule has 2 saturated heterocycles. The molecule has 0 bridgehead atoms. The van der Waals surface area contributed by atoms with Crippen LogP contribution in [0.4, 0.5) is 0 Å². The molecule has 0 spiro atoms. The summed E-state index contributed by atoms with van der Waals surface area (Å²) in [4.78, 5) is 9.87. The summed E-state index contributed by atoms with van der Waals surface area (Å²) in [5.74, 6) is 0. The zero-order valence-electron chi connectivity index (χ0n) is 12.0. The van der Waals surface area contributed by atoms with Crippen molar-refractivity contribution in [1.82, 2.24) is 0 Å². The maximum absolute atomic E-state index is 9.95. The molecule has 2 rings (SSSR count). The van der Waals surface area contributed by atoms with Crippen LogP contribution in [0.3, 0.4) is 0 Å². The second-order valence-electron chi connectivity index (χ2n) is 5.53. The normalized spacial score (nSPS) is 51.7. The molecule has 0 aromatic carbocycles. The Balaban J connectivity index is 2.11. The van der Waals surface area contributed by atoms with Crippen molar-refractivity contribution >= 4 is 9.04 Å². The minimum absolute atomic E-state index is 0.633. The van der Waals surface area contributed by atoms with E-state index in [-0.39, 0.29) is 0 Å². The third-order valence-electron chi connectivity index (χ3n) is 3.98. The lowest BCUT2D eigenvalue weighted by Gasteiger charge is -2.44. The Kier molecular flexibility index (Phi) is 6.46. The summed E-state index contributed by atoms with van der Waals surface area (Å²) in [7, 11) is -3.16. The Morgan fingerprint density at radius 3 is 2.00 bits per heavy atom. The van der Waals surface area contributed by atoms with E-state index in [4.69, 9.17) is 19.3 Å². The number of aliphatic hydroxyl groups excluding tert-OH is 7. The summed E-state index contributed by atoms with van der Waals surface area (Å²) < 4.78 is 15.3. The molecular formula is C11H22O11Si. The van der Waals surface area contributed by atoms with Crippen molar-refractivity contribution < 1.29 is 54.8 Å². The van der Waals surface area contributed by atoms with Crippen LogP contribution in [-0.2, 0) is 14.2 Å². The quantitative estimate of drug-likeness (QED) is 0.223. The SMILES string of the molecule is OC[C@H]1OC(O)[C@H](O)[C@@H](O)[C@@H]1O[C@@H]1O[C@H](CO)[C@H](O)[Si@H](O)[C@H]1O. The van der Waals surface area contributed by atoms with Gasteiger partial charge in [0.25, 0.3) is 0 Å². The molecule has 2 aliphatic rings. The lowest BCUT2D eigenvalue weighted by molar-refractivity contribution is -0.332. The van der Waals surface area contributed by atoms with Crippen molar-refractivity contribution in [3.05, 3.63) is 0 Å². The van der Waals surface area contributed by atoms with Crippen molar-refractivity contribution in [1.29, 1.82) is 0 Å². The van der Waals surface area contributed by atoms with E-state index in [9.17, 15) is 35.4 Å². The van der Waals surface area contributed by atoms with E-state index in [2.05, 4.69) is 0 Å². The van der Waals surface area contributed by atoms with Crippen LogP contribution in [-0.4, -0.2) is 117 Å². The van der Waals surface area contributed by atoms with Crippen LogP contribution in [0, 0.1) is 0 Å². The van der Waals surface area contributed by atoms with Gasteiger partial charge < -0.3 is 54.8 Å². The predicted molar refractivity (Wildman–Crippen MR) is 72.0 cm³/mol. The fourth-order valence-corrected chi connectivity index (χ4v) is 4.13. The van der Waals surface area contributed by atoms with Gasteiger partial charge in [-0.2, -0.15) is 0 Å². The summed E-state index contributed by atoms with van der Waals surface area (Å²) >= 11 is 0. The van der Waals surface area contributed by atoms with E-state index in [0.29, 0.717) is 0 Å². The highest BCUT2D eigenvalue weighted by Gasteiger charge is 2.50. The molecular weight excluding hydrogens is 336 g/mol. The summed E-state index contributed by atoms with van der Waals surface area (Å²) in [5, 5.41) is 66.9. The lowest BCUT2D eigenvalue weighted by Crippen LogP contribution is -2.66. The van der Waals surface area contributed by atoms with E-state index >= 15 is 0 Å². The van der Waals surface area contributed by atoms with Crippen LogP contribution < -0.4 is 0 Å². The average molecular weight is 358 g/mol. The topological polar surface area (TPSA) is 190 Å². The number of ether oxygens (including phenoxy) is 3. The molecule has 0 aromatic heterocycles. The van der Waals surface area contributed by atoms with E-state index in [1.54, 1.807) is 0 Å². The second-order valence-corrected chi connectivity index (χ2v) is 7.87. The van der Waals surface area contributed by atoms with Crippen LogP contribution in [0.1, 0.15) is 0 Å². The summed E-state index contributed by atoms with van der Waals surface area (Å²) in [6, 6.07) is 0. The van der Waals surface area contributed by atoms with Gasteiger partial charge in [0, 0.05) is 0 Å². The lowest BCUT2D eigenvalue weighted by atomic mass is 9.99. The molecule has 0 saturated carbocycles. The van der Waals surface area contributed by atoms with Gasteiger partial charge in [-0.3, -0.25) is 0 Å². The number of hydrogen-bond acceptors (Lipinski definition) is 11. The fourth-order valence-electron chi connectivity index (χ4n) is 2.57. The Bertz CT molecular complexity index is 383. The molecule has 0 amide bonds. The van der Waals surface area contributed by atoms with Gasteiger partial charge in [0.1, 0.15) is 42.0 Å². The van der Waals surface area contributed by atoms with Crippen molar-refractivity contribution in [2.75, 3.05) is 13.2 Å². The van der Waals surface area contributed by atoms with Crippen LogP contribution in [0.25, 0.3) is 0 Å². The minimum atomic E-state index is -3.16. The largest absolute Gasteiger partial charge is 0.429 e. The Labute approximate surface area is 132 Å². The van der Waals surface area contributed by atoms with Crippen LogP contribution in [0.2, 0.25) is 0 Å². The first kappa shape index (κ1) is 19.1. The Morgan fingerprint density at radius 1 is 0.826 bits per heavy atom. The number of rotatable bonds is 4. The fraction of sp³-hybridized carbons (Fsp3) is 1.00. The molecule has 2 fully saturated rings. The molecule has 0 aromatic rings. The molecule has 10 atom stereocenters. The zero-order valence-corrected chi connectivity index (χ0v) is 13.1. The molecule has 23 heavy (non-hydrogen) atoms. The van der Waals surface area contributed by atoms with Crippen LogP contribution in [0.15, 0.2) is 0 Å². The highest BCUT2D eigenvalue weighted by atomic mass is 28.3. The van der Waals surface area contributed by atoms with Gasteiger partial charge in [0.15, 0.2) is 12.6 Å². The predicted octanol–water partition coefficient (Wildman–Crippen LogP) is -5.96. The molecule has 1 unspecified atom stereocenters. The highest BCUT2D eigenvalue weighted by Crippen LogP contribution is 2.27. The van der Waals surface area contributed by atoms with Crippen LogP contribution in [0.5, 0.6) is 0 Å². The van der Waals surface area contributed by atoms with Gasteiger partial charge in [0.05, 0.1) is 13.2 Å². The standard InChI is InChI=1S/C11H22O11Si/c12-1-3-7(5(14)6(15)8(16)20-3)22-11-10(18)23(19)9(17)4(2-13)21-11/h3-19,23H,1-2H2/t3-,4-,5-,6-,7-,8?,9-,10-,11+,23+/m1/s1. The van der Waals surface area contributed by atoms with Gasteiger partial charge in [-0.15, -0.1) is 0 Å². The molecule has 11 nitrogen and oxygen atoms in total. The van der Waals surface area contributed by atoms with Crippen LogP contribution >= 0.6 is 0 Å². The molecule has 2 heterocycles. The maximum Gasteiger partial charge on any atom is 0.237 e. The van der Waals surface area contributed by atoms with Crippen molar-refractivity contribution in [3.63, 3.8) is 0 Å². The first-order valence-electron chi connectivity index (χ1n) is 7.08. The summed E-state index contributed by atoms with van der Waals surface area (Å²) in [6.07, 6.45) is -10.4. The van der Waals surface area contributed by atoms with E-state index < -0.39 is 76.8 Å².